The number of aryl methyl sites for hydroxylation is 1. The van der Waals surface area contributed by atoms with Gasteiger partial charge in [-0.3, -0.25) is 10.2 Å². The Morgan fingerprint density at radius 3 is 2.32 bits per heavy atom. The van der Waals surface area contributed by atoms with E-state index in [1.165, 1.54) is 19.1 Å². The molecule has 6 nitrogen and oxygen atoms in total. The Labute approximate surface area is 129 Å². The van der Waals surface area contributed by atoms with Gasteiger partial charge in [-0.25, -0.2) is 8.42 Å². The number of nitrogen functional groups attached to an aromatic ring is 1. The van der Waals surface area contributed by atoms with Crippen LogP contribution in [0.5, 0.6) is 0 Å². The SMILES string of the molecule is CC(=O)NNS(=O)(=O)c1ccc(-c2cc(N)ccc2C)cc1. The van der Waals surface area contributed by atoms with E-state index < -0.39 is 15.9 Å². The molecule has 0 spiro atoms. The van der Waals surface area contributed by atoms with Crippen LogP contribution < -0.4 is 16.0 Å². The van der Waals surface area contributed by atoms with Gasteiger partial charge in [-0.1, -0.05) is 18.2 Å². The maximum absolute atomic E-state index is 12.0. The minimum Gasteiger partial charge on any atom is -0.399 e. The van der Waals surface area contributed by atoms with Gasteiger partial charge in [-0.05, 0) is 47.9 Å². The van der Waals surface area contributed by atoms with Crippen molar-refractivity contribution < 1.29 is 13.2 Å². The van der Waals surface area contributed by atoms with E-state index in [9.17, 15) is 13.2 Å². The zero-order valence-electron chi connectivity index (χ0n) is 12.3. The van der Waals surface area contributed by atoms with Crippen molar-refractivity contribution >= 4 is 21.6 Å². The summed E-state index contributed by atoms with van der Waals surface area (Å²) in [6, 6.07) is 11.9. The van der Waals surface area contributed by atoms with E-state index in [0.717, 1.165) is 16.7 Å². The monoisotopic (exact) mass is 319 g/mol. The number of hydrogen-bond acceptors (Lipinski definition) is 4. The number of nitrogens with two attached hydrogens (primary N) is 1. The molecule has 0 radical (unpaired) electrons. The topological polar surface area (TPSA) is 101 Å². The second kappa shape index (κ2) is 6.17. The first-order valence-electron chi connectivity index (χ1n) is 6.54. The molecule has 1 amide bonds. The van der Waals surface area contributed by atoms with E-state index in [4.69, 9.17) is 5.73 Å². The molecule has 0 aliphatic heterocycles. The molecule has 0 aliphatic carbocycles. The highest BCUT2D eigenvalue weighted by Crippen LogP contribution is 2.26. The number of rotatable bonds is 4. The lowest BCUT2D eigenvalue weighted by Crippen LogP contribution is -2.40. The Hall–Kier alpha value is -2.38. The standard InChI is InChI=1S/C15H17N3O3S/c1-10-3-6-13(16)9-15(10)12-4-7-14(8-5-12)22(20,21)18-17-11(2)19/h3-9,18H,16H2,1-2H3,(H,17,19). The van der Waals surface area contributed by atoms with Crippen LogP contribution in [0.1, 0.15) is 12.5 Å². The molecule has 0 saturated carbocycles. The molecule has 2 aromatic rings. The van der Waals surface area contributed by atoms with Crippen molar-refractivity contribution in [3.8, 4) is 11.1 Å². The minimum atomic E-state index is -3.78. The van der Waals surface area contributed by atoms with Crippen molar-refractivity contribution in [2.75, 3.05) is 5.73 Å². The molecule has 0 aromatic heterocycles. The summed E-state index contributed by atoms with van der Waals surface area (Å²) >= 11 is 0. The number of carbonyl (C=O) groups excluding carboxylic acids is 1. The van der Waals surface area contributed by atoms with E-state index in [0.29, 0.717) is 5.69 Å². The maximum Gasteiger partial charge on any atom is 0.257 e. The molecule has 0 bridgehead atoms. The zero-order chi connectivity index (χ0) is 16.3. The van der Waals surface area contributed by atoms with Crippen molar-refractivity contribution in [3.63, 3.8) is 0 Å². The average molecular weight is 319 g/mol. The van der Waals surface area contributed by atoms with E-state index in [1.807, 2.05) is 30.0 Å². The number of hydrogen-bond donors (Lipinski definition) is 3. The lowest BCUT2D eigenvalue weighted by molar-refractivity contribution is -0.119. The number of hydrazine groups is 1. The Kier molecular flexibility index (Phi) is 4.48. The van der Waals surface area contributed by atoms with Crippen LogP contribution in [0.2, 0.25) is 0 Å². The number of benzene rings is 2. The number of sulfonamides is 1. The highest BCUT2D eigenvalue weighted by Gasteiger charge is 2.14. The molecule has 0 unspecified atom stereocenters. The van der Waals surface area contributed by atoms with Crippen molar-refractivity contribution in [1.82, 2.24) is 10.3 Å². The van der Waals surface area contributed by atoms with Crippen LogP contribution in [-0.2, 0) is 14.8 Å². The number of carbonyl (C=O) groups is 1. The fourth-order valence-electron chi connectivity index (χ4n) is 1.96. The van der Waals surface area contributed by atoms with Gasteiger partial charge in [0.05, 0.1) is 4.90 Å². The smallest absolute Gasteiger partial charge is 0.257 e. The number of amides is 1. The predicted octanol–water partition coefficient (Wildman–Crippen LogP) is 1.57. The van der Waals surface area contributed by atoms with E-state index in [1.54, 1.807) is 12.1 Å². The van der Waals surface area contributed by atoms with E-state index in [2.05, 4.69) is 5.43 Å². The highest BCUT2D eigenvalue weighted by molar-refractivity contribution is 7.89. The van der Waals surface area contributed by atoms with Gasteiger partial charge in [0.2, 0.25) is 5.91 Å². The molecular formula is C15H17N3O3S. The lowest BCUT2D eigenvalue weighted by Gasteiger charge is -2.10. The van der Waals surface area contributed by atoms with Crippen LogP contribution in [0.4, 0.5) is 5.69 Å². The Bertz CT molecular complexity index is 799. The third-order valence-electron chi connectivity index (χ3n) is 3.10. The largest absolute Gasteiger partial charge is 0.399 e. The summed E-state index contributed by atoms with van der Waals surface area (Å²) in [6.07, 6.45) is 0. The normalized spacial score (nSPS) is 11.2. The van der Waals surface area contributed by atoms with Gasteiger partial charge in [-0.15, -0.1) is 4.83 Å². The summed E-state index contributed by atoms with van der Waals surface area (Å²) in [5.41, 5.74) is 11.3. The van der Waals surface area contributed by atoms with Crippen LogP contribution in [0.3, 0.4) is 0 Å². The second-order valence-corrected chi connectivity index (χ2v) is 6.57. The van der Waals surface area contributed by atoms with Gasteiger partial charge in [0.1, 0.15) is 0 Å². The zero-order valence-corrected chi connectivity index (χ0v) is 13.1. The predicted molar refractivity (Wildman–Crippen MR) is 85.2 cm³/mol. The van der Waals surface area contributed by atoms with Crippen LogP contribution >= 0.6 is 0 Å². The van der Waals surface area contributed by atoms with Gasteiger partial charge < -0.3 is 5.73 Å². The van der Waals surface area contributed by atoms with Crippen LogP contribution in [0.25, 0.3) is 11.1 Å². The summed E-state index contributed by atoms with van der Waals surface area (Å²) in [7, 11) is -3.78. The molecule has 22 heavy (non-hydrogen) atoms. The Morgan fingerprint density at radius 1 is 1.09 bits per heavy atom. The molecule has 4 N–H and O–H groups in total. The summed E-state index contributed by atoms with van der Waals surface area (Å²) in [5, 5.41) is 0. The molecule has 2 rings (SSSR count). The van der Waals surface area contributed by atoms with Crippen molar-refractivity contribution in [2.24, 2.45) is 0 Å². The summed E-state index contributed by atoms with van der Waals surface area (Å²) < 4.78 is 23.9. The molecule has 0 fully saturated rings. The molecule has 0 atom stereocenters. The molecular weight excluding hydrogens is 302 g/mol. The Balaban J connectivity index is 2.31. The van der Waals surface area contributed by atoms with Gasteiger partial charge >= 0.3 is 0 Å². The van der Waals surface area contributed by atoms with Gasteiger partial charge in [0.25, 0.3) is 10.0 Å². The molecule has 0 aliphatic rings. The molecule has 116 valence electrons. The van der Waals surface area contributed by atoms with Gasteiger partial charge in [-0.2, -0.15) is 0 Å². The maximum atomic E-state index is 12.0. The molecule has 0 saturated heterocycles. The fourth-order valence-corrected chi connectivity index (χ4v) is 2.85. The van der Waals surface area contributed by atoms with Crippen molar-refractivity contribution in [1.29, 1.82) is 0 Å². The number of nitrogens with one attached hydrogen (secondary N) is 2. The first kappa shape index (κ1) is 16.0. The molecule has 2 aromatic carbocycles. The third kappa shape index (κ3) is 3.63. The second-order valence-electron chi connectivity index (χ2n) is 4.89. The average Bonchev–Trinajstić information content (AvgIpc) is 2.48. The summed E-state index contributed by atoms with van der Waals surface area (Å²) in [5.74, 6) is -0.490. The highest BCUT2D eigenvalue weighted by atomic mass is 32.2. The fraction of sp³-hybridized carbons (Fsp3) is 0.133. The third-order valence-corrected chi connectivity index (χ3v) is 4.36. The quantitative estimate of drug-likeness (QED) is 0.588. The van der Waals surface area contributed by atoms with E-state index in [-0.39, 0.29) is 4.90 Å². The Morgan fingerprint density at radius 2 is 1.73 bits per heavy atom. The summed E-state index contributed by atoms with van der Waals surface area (Å²) in [4.78, 5) is 12.8. The number of anilines is 1. The van der Waals surface area contributed by atoms with Crippen molar-refractivity contribution in [2.45, 2.75) is 18.7 Å². The van der Waals surface area contributed by atoms with Crippen LogP contribution in [-0.4, -0.2) is 14.3 Å². The first-order chi connectivity index (χ1) is 10.3. The summed E-state index contributed by atoms with van der Waals surface area (Å²) in [6.45, 7) is 3.17. The van der Waals surface area contributed by atoms with Gasteiger partial charge in [0, 0.05) is 12.6 Å². The van der Waals surface area contributed by atoms with Gasteiger partial charge in [0.15, 0.2) is 0 Å². The molecule has 0 heterocycles. The lowest BCUT2D eigenvalue weighted by atomic mass is 10.0. The van der Waals surface area contributed by atoms with Crippen molar-refractivity contribution in [3.05, 3.63) is 48.0 Å². The van der Waals surface area contributed by atoms with E-state index >= 15 is 0 Å². The first-order valence-corrected chi connectivity index (χ1v) is 8.03. The minimum absolute atomic E-state index is 0.0616. The van der Waals surface area contributed by atoms with Crippen LogP contribution in [0, 0.1) is 6.92 Å². The van der Waals surface area contributed by atoms with Crippen LogP contribution in [0.15, 0.2) is 47.4 Å². The molecule has 7 heteroatoms.